The minimum atomic E-state index is -0.257. The number of hydrogen-bond acceptors (Lipinski definition) is 5. The number of methoxy groups -OCH3 is 2. The number of nitrogens with one attached hydrogen (secondary N) is 1. The SMILES string of the molecule is COc1ccc(C(=O)/C=C2/NC[C@@H]3c4ccccc4CCN3C2=O)cc1OC. The van der Waals surface area contributed by atoms with Crippen molar-refractivity contribution < 1.29 is 19.1 Å². The molecule has 2 heterocycles. The Hall–Kier alpha value is -3.28. The van der Waals surface area contributed by atoms with E-state index in [-0.39, 0.29) is 17.7 Å². The summed E-state index contributed by atoms with van der Waals surface area (Å²) in [5, 5.41) is 3.15. The van der Waals surface area contributed by atoms with Crippen molar-refractivity contribution in [1.82, 2.24) is 10.2 Å². The topological polar surface area (TPSA) is 67.9 Å². The van der Waals surface area contributed by atoms with Gasteiger partial charge in [-0.05, 0) is 35.7 Å². The average molecular weight is 378 g/mol. The summed E-state index contributed by atoms with van der Waals surface area (Å²) in [6.07, 6.45) is 2.20. The Morgan fingerprint density at radius 2 is 1.93 bits per heavy atom. The lowest BCUT2D eigenvalue weighted by atomic mass is 9.90. The van der Waals surface area contributed by atoms with Crippen LogP contribution in [0.5, 0.6) is 11.5 Å². The summed E-state index contributed by atoms with van der Waals surface area (Å²) in [6, 6.07) is 13.2. The summed E-state index contributed by atoms with van der Waals surface area (Å²) in [5.74, 6) is 0.628. The number of carbonyl (C=O) groups is 2. The zero-order valence-electron chi connectivity index (χ0n) is 15.9. The number of benzene rings is 2. The molecule has 2 aromatic rings. The molecule has 1 atom stereocenters. The first-order chi connectivity index (χ1) is 13.6. The molecule has 1 N–H and O–H groups in total. The highest BCUT2D eigenvalue weighted by molar-refractivity contribution is 6.10. The van der Waals surface area contributed by atoms with Gasteiger partial charge in [0.05, 0.1) is 20.3 Å². The number of nitrogens with zero attached hydrogens (tertiary/aromatic N) is 1. The van der Waals surface area contributed by atoms with Gasteiger partial charge in [-0.2, -0.15) is 0 Å². The summed E-state index contributed by atoms with van der Waals surface area (Å²) >= 11 is 0. The number of carbonyl (C=O) groups excluding carboxylic acids is 2. The maximum absolute atomic E-state index is 13.0. The molecule has 4 rings (SSSR count). The van der Waals surface area contributed by atoms with E-state index in [9.17, 15) is 9.59 Å². The first-order valence-electron chi connectivity index (χ1n) is 9.23. The predicted molar refractivity (Wildman–Crippen MR) is 105 cm³/mol. The van der Waals surface area contributed by atoms with Crippen LogP contribution in [0.3, 0.4) is 0 Å². The molecule has 2 aromatic carbocycles. The Balaban J connectivity index is 1.57. The van der Waals surface area contributed by atoms with E-state index < -0.39 is 0 Å². The van der Waals surface area contributed by atoms with Gasteiger partial charge < -0.3 is 19.7 Å². The maximum atomic E-state index is 13.0. The lowest BCUT2D eigenvalue weighted by molar-refractivity contribution is -0.132. The summed E-state index contributed by atoms with van der Waals surface area (Å²) in [6.45, 7) is 1.25. The van der Waals surface area contributed by atoms with Crippen LogP contribution < -0.4 is 14.8 Å². The number of amides is 1. The molecule has 1 fully saturated rings. The third-order valence-electron chi connectivity index (χ3n) is 5.33. The first kappa shape index (κ1) is 18.1. The van der Waals surface area contributed by atoms with Crippen molar-refractivity contribution >= 4 is 11.7 Å². The average Bonchev–Trinajstić information content (AvgIpc) is 2.74. The molecule has 6 heteroatoms. The normalized spacial score (nSPS) is 19.5. The van der Waals surface area contributed by atoms with Crippen LogP contribution in [0.1, 0.15) is 27.5 Å². The molecule has 0 radical (unpaired) electrons. The highest BCUT2D eigenvalue weighted by atomic mass is 16.5. The predicted octanol–water partition coefficient (Wildman–Crippen LogP) is 2.50. The summed E-state index contributed by atoms with van der Waals surface area (Å²) in [5.41, 5.74) is 3.23. The fraction of sp³-hybridized carbons (Fsp3) is 0.273. The van der Waals surface area contributed by atoms with Gasteiger partial charge in [0.25, 0.3) is 5.91 Å². The lowest BCUT2D eigenvalue weighted by Crippen LogP contribution is -2.51. The molecule has 144 valence electrons. The molecule has 2 aliphatic rings. The number of ether oxygens (including phenoxy) is 2. The van der Waals surface area contributed by atoms with Crippen molar-refractivity contribution in [3.63, 3.8) is 0 Å². The second kappa shape index (κ2) is 7.38. The van der Waals surface area contributed by atoms with Crippen molar-refractivity contribution in [1.29, 1.82) is 0 Å². The number of allylic oxidation sites excluding steroid dienone is 1. The molecule has 0 bridgehead atoms. The molecule has 0 aliphatic carbocycles. The van der Waals surface area contributed by atoms with E-state index >= 15 is 0 Å². The quantitative estimate of drug-likeness (QED) is 0.654. The van der Waals surface area contributed by atoms with Crippen LogP contribution in [0, 0.1) is 0 Å². The van der Waals surface area contributed by atoms with E-state index in [1.165, 1.54) is 24.3 Å². The Kier molecular flexibility index (Phi) is 4.77. The maximum Gasteiger partial charge on any atom is 0.270 e. The Morgan fingerprint density at radius 3 is 2.71 bits per heavy atom. The van der Waals surface area contributed by atoms with E-state index in [0.29, 0.717) is 35.8 Å². The van der Waals surface area contributed by atoms with Crippen molar-refractivity contribution in [3.8, 4) is 11.5 Å². The van der Waals surface area contributed by atoms with Crippen LogP contribution in [0.2, 0.25) is 0 Å². The van der Waals surface area contributed by atoms with Crippen molar-refractivity contribution in [2.75, 3.05) is 27.3 Å². The Morgan fingerprint density at radius 1 is 1.14 bits per heavy atom. The van der Waals surface area contributed by atoms with E-state index in [1.807, 2.05) is 17.0 Å². The minimum absolute atomic E-state index is 0.00535. The standard InChI is InChI=1S/C22H22N2O4/c1-27-20-8-7-15(11-21(20)28-2)19(25)12-17-22(26)24-10-9-14-5-3-4-6-16(14)18(24)13-23-17/h3-8,11-12,18,23H,9-10,13H2,1-2H3/b17-12+/t18-/m1/s1. The van der Waals surface area contributed by atoms with Gasteiger partial charge in [0.2, 0.25) is 0 Å². The molecule has 2 aliphatic heterocycles. The van der Waals surface area contributed by atoms with Crippen LogP contribution >= 0.6 is 0 Å². The highest BCUT2D eigenvalue weighted by Crippen LogP contribution is 2.33. The molecule has 1 saturated heterocycles. The van der Waals surface area contributed by atoms with Crippen molar-refractivity contribution in [2.24, 2.45) is 0 Å². The second-order valence-electron chi connectivity index (χ2n) is 6.84. The largest absolute Gasteiger partial charge is 0.493 e. The van der Waals surface area contributed by atoms with Gasteiger partial charge in [-0.1, -0.05) is 24.3 Å². The number of ketones is 1. The van der Waals surface area contributed by atoms with Crippen molar-refractivity contribution in [2.45, 2.75) is 12.5 Å². The molecule has 0 saturated carbocycles. The van der Waals surface area contributed by atoms with Gasteiger partial charge in [0.15, 0.2) is 17.3 Å². The summed E-state index contributed by atoms with van der Waals surface area (Å²) < 4.78 is 10.5. The molecule has 0 unspecified atom stereocenters. The third-order valence-corrected chi connectivity index (χ3v) is 5.33. The molecule has 28 heavy (non-hydrogen) atoms. The summed E-state index contributed by atoms with van der Waals surface area (Å²) in [7, 11) is 3.06. The molecular formula is C22H22N2O4. The zero-order chi connectivity index (χ0) is 19.7. The van der Waals surface area contributed by atoms with Gasteiger partial charge in [0, 0.05) is 24.7 Å². The highest BCUT2D eigenvalue weighted by Gasteiger charge is 2.36. The third kappa shape index (κ3) is 3.11. The van der Waals surface area contributed by atoms with Gasteiger partial charge in [-0.25, -0.2) is 0 Å². The molecule has 0 spiro atoms. The van der Waals surface area contributed by atoms with Crippen LogP contribution in [0.25, 0.3) is 0 Å². The van der Waals surface area contributed by atoms with Crippen LogP contribution in [0.4, 0.5) is 0 Å². The van der Waals surface area contributed by atoms with E-state index in [4.69, 9.17) is 9.47 Å². The van der Waals surface area contributed by atoms with E-state index in [1.54, 1.807) is 25.3 Å². The van der Waals surface area contributed by atoms with Gasteiger partial charge in [-0.3, -0.25) is 9.59 Å². The Bertz CT molecular complexity index is 967. The first-order valence-corrected chi connectivity index (χ1v) is 9.23. The molecule has 0 aromatic heterocycles. The van der Waals surface area contributed by atoms with E-state index in [0.717, 1.165) is 6.42 Å². The van der Waals surface area contributed by atoms with Crippen LogP contribution in [-0.2, 0) is 11.2 Å². The second-order valence-corrected chi connectivity index (χ2v) is 6.84. The number of piperazine rings is 1. The number of rotatable bonds is 4. The fourth-order valence-electron chi connectivity index (χ4n) is 3.87. The van der Waals surface area contributed by atoms with Gasteiger partial charge >= 0.3 is 0 Å². The molecule has 6 nitrogen and oxygen atoms in total. The van der Waals surface area contributed by atoms with Gasteiger partial charge in [-0.15, -0.1) is 0 Å². The van der Waals surface area contributed by atoms with Crippen molar-refractivity contribution in [3.05, 3.63) is 70.9 Å². The number of hydrogen-bond donors (Lipinski definition) is 1. The fourth-order valence-corrected chi connectivity index (χ4v) is 3.87. The zero-order valence-corrected chi connectivity index (χ0v) is 15.9. The summed E-state index contributed by atoms with van der Waals surface area (Å²) in [4.78, 5) is 27.5. The smallest absolute Gasteiger partial charge is 0.270 e. The lowest BCUT2D eigenvalue weighted by Gasteiger charge is -2.41. The monoisotopic (exact) mass is 378 g/mol. The molecular weight excluding hydrogens is 356 g/mol. The van der Waals surface area contributed by atoms with Crippen LogP contribution in [0.15, 0.2) is 54.2 Å². The van der Waals surface area contributed by atoms with Crippen LogP contribution in [-0.4, -0.2) is 43.9 Å². The number of fused-ring (bicyclic) bond motifs is 3. The Labute approximate surface area is 163 Å². The van der Waals surface area contributed by atoms with Gasteiger partial charge in [0.1, 0.15) is 5.70 Å². The van der Waals surface area contributed by atoms with E-state index in [2.05, 4.69) is 17.4 Å². The molecule has 1 amide bonds. The minimum Gasteiger partial charge on any atom is -0.493 e.